The number of hydrogen-bond acceptors (Lipinski definition) is 4. The molecule has 0 fully saturated rings. The molecule has 1 unspecified atom stereocenters. The molecule has 0 aliphatic carbocycles. The maximum atomic E-state index is 12.2. The lowest BCUT2D eigenvalue weighted by Gasteiger charge is -2.20. The van der Waals surface area contributed by atoms with Crippen LogP contribution >= 0.6 is 0 Å². The van der Waals surface area contributed by atoms with Crippen LogP contribution in [-0.2, 0) is 9.59 Å². The van der Waals surface area contributed by atoms with E-state index in [1.807, 2.05) is 19.1 Å². The minimum absolute atomic E-state index is 0.00281. The maximum Gasteiger partial charge on any atom is 0.240 e. The second-order valence-electron chi connectivity index (χ2n) is 8.07. The van der Waals surface area contributed by atoms with Crippen LogP contribution in [0.3, 0.4) is 0 Å². The molecule has 29 heavy (non-hydrogen) atoms. The third-order valence-corrected chi connectivity index (χ3v) is 5.39. The molecule has 2 amide bonds. The second-order valence-corrected chi connectivity index (χ2v) is 8.07. The summed E-state index contributed by atoms with van der Waals surface area (Å²) in [7, 11) is 0. The predicted octanol–water partition coefficient (Wildman–Crippen LogP) is 4.99. The zero-order valence-corrected chi connectivity index (χ0v) is 17.9. The number of hydrogen-bond donors (Lipinski definition) is 3. The van der Waals surface area contributed by atoms with E-state index in [1.54, 1.807) is 6.07 Å². The van der Waals surface area contributed by atoms with Crippen LogP contribution in [0.5, 0.6) is 0 Å². The Morgan fingerprint density at radius 3 is 2.41 bits per heavy atom. The van der Waals surface area contributed by atoms with Crippen LogP contribution in [0, 0.1) is 5.92 Å². The van der Waals surface area contributed by atoms with Crippen molar-refractivity contribution in [3.8, 4) is 0 Å². The number of benzene rings is 1. The summed E-state index contributed by atoms with van der Waals surface area (Å²) in [4.78, 5) is 23.6. The number of anilines is 2. The van der Waals surface area contributed by atoms with Gasteiger partial charge < -0.3 is 11.1 Å². The minimum atomic E-state index is -0.0744. The Hall–Kier alpha value is -2.37. The molecular weight excluding hydrogens is 364 g/mol. The van der Waals surface area contributed by atoms with Crippen LogP contribution in [-0.4, -0.2) is 17.5 Å². The molecular formula is C23H36N4O2. The van der Waals surface area contributed by atoms with Crippen molar-refractivity contribution in [2.45, 2.75) is 84.5 Å². The Balaban J connectivity index is 1.72. The molecule has 6 nitrogen and oxygen atoms in total. The lowest BCUT2D eigenvalue weighted by molar-refractivity contribution is -0.122. The Morgan fingerprint density at radius 2 is 1.79 bits per heavy atom. The molecule has 4 N–H and O–H groups in total. The normalized spacial score (nSPS) is 16.3. The van der Waals surface area contributed by atoms with Gasteiger partial charge in [0.15, 0.2) is 0 Å². The van der Waals surface area contributed by atoms with Crippen LogP contribution in [0.15, 0.2) is 23.3 Å². The average molecular weight is 401 g/mol. The molecule has 6 heteroatoms. The van der Waals surface area contributed by atoms with Crippen LogP contribution in [0.2, 0.25) is 0 Å². The highest BCUT2D eigenvalue weighted by Crippen LogP contribution is 2.24. The standard InChI is InChI=1S/C23H36N4O2/c1-3-4-5-6-7-8-9-10-11-12-21(28)25-20-14-13-18(16-19(20)24)23-17(2)15-22(29)26-27-23/h13-14,16-17H,3-12,15,24H2,1-2H3,(H,25,28)(H,26,29). The summed E-state index contributed by atoms with van der Waals surface area (Å²) in [5.74, 6) is -0.0344. The molecule has 2 rings (SSSR count). The lowest BCUT2D eigenvalue weighted by Crippen LogP contribution is -2.32. The van der Waals surface area contributed by atoms with Crippen molar-refractivity contribution in [2.24, 2.45) is 11.0 Å². The van der Waals surface area contributed by atoms with E-state index >= 15 is 0 Å². The van der Waals surface area contributed by atoms with Crippen molar-refractivity contribution in [1.29, 1.82) is 0 Å². The Morgan fingerprint density at radius 1 is 1.14 bits per heavy atom. The number of carbonyl (C=O) groups excluding carboxylic acids is 2. The summed E-state index contributed by atoms with van der Waals surface area (Å²) in [6.07, 6.45) is 12.0. The van der Waals surface area contributed by atoms with Crippen molar-refractivity contribution in [3.05, 3.63) is 23.8 Å². The van der Waals surface area contributed by atoms with Gasteiger partial charge in [-0.3, -0.25) is 9.59 Å². The van der Waals surface area contributed by atoms with Crippen molar-refractivity contribution >= 4 is 28.9 Å². The van der Waals surface area contributed by atoms with Gasteiger partial charge in [-0.15, -0.1) is 0 Å². The van der Waals surface area contributed by atoms with Gasteiger partial charge in [-0.05, 0) is 18.6 Å². The van der Waals surface area contributed by atoms with Crippen molar-refractivity contribution in [3.63, 3.8) is 0 Å². The molecule has 0 spiro atoms. The fraction of sp³-hybridized carbons (Fsp3) is 0.609. The zero-order valence-electron chi connectivity index (χ0n) is 17.9. The number of nitrogens with one attached hydrogen (secondary N) is 2. The monoisotopic (exact) mass is 400 g/mol. The number of nitrogens with zero attached hydrogens (tertiary/aromatic N) is 1. The van der Waals surface area contributed by atoms with E-state index in [2.05, 4.69) is 22.8 Å². The predicted molar refractivity (Wildman–Crippen MR) is 120 cm³/mol. The first-order chi connectivity index (χ1) is 14.0. The van der Waals surface area contributed by atoms with Gasteiger partial charge >= 0.3 is 0 Å². The summed E-state index contributed by atoms with van der Waals surface area (Å²) < 4.78 is 0. The average Bonchev–Trinajstić information content (AvgIpc) is 2.68. The van der Waals surface area contributed by atoms with Gasteiger partial charge in [-0.25, -0.2) is 5.43 Å². The van der Waals surface area contributed by atoms with Gasteiger partial charge in [-0.2, -0.15) is 5.10 Å². The summed E-state index contributed by atoms with van der Waals surface area (Å²) in [6.45, 7) is 4.20. The van der Waals surface area contributed by atoms with Crippen LogP contribution in [0.25, 0.3) is 0 Å². The molecule has 1 atom stereocenters. The molecule has 160 valence electrons. The van der Waals surface area contributed by atoms with E-state index in [1.165, 1.54) is 44.9 Å². The fourth-order valence-corrected chi connectivity index (χ4v) is 3.65. The highest BCUT2D eigenvalue weighted by molar-refractivity contribution is 6.07. The molecule has 0 saturated carbocycles. The van der Waals surface area contributed by atoms with Crippen LogP contribution in [0.1, 0.15) is 90.0 Å². The number of carbonyl (C=O) groups is 2. The molecule has 1 heterocycles. The van der Waals surface area contributed by atoms with Crippen molar-refractivity contribution in [2.75, 3.05) is 11.1 Å². The van der Waals surface area contributed by atoms with E-state index in [0.717, 1.165) is 24.1 Å². The van der Waals surface area contributed by atoms with E-state index in [4.69, 9.17) is 5.73 Å². The van der Waals surface area contributed by atoms with E-state index in [9.17, 15) is 9.59 Å². The zero-order chi connectivity index (χ0) is 21.1. The number of hydrazone groups is 1. The highest BCUT2D eigenvalue weighted by atomic mass is 16.2. The van der Waals surface area contributed by atoms with Gasteiger partial charge in [0, 0.05) is 24.3 Å². The first-order valence-electron chi connectivity index (χ1n) is 11.1. The number of nitrogen functional groups attached to an aromatic ring is 1. The highest BCUT2D eigenvalue weighted by Gasteiger charge is 2.22. The van der Waals surface area contributed by atoms with E-state index in [-0.39, 0.29) is 17.7 Å². The van der Waals surface area contributed by atoms with Gasteiger partial charge in [0.2, 0.25) is 11.8 Å². The second kappa shape index (κ2) is 12.2. The third kappa shape index (κ3) is 7.87. The van der Waals surface area contributed by atoms with E-state index in [0.29, 0.717) is 24.2 Å². The van der Waals surface area contributed by atoms with E-state index < -0.39 is 0 Å². The molecule has 1 aromatic rings. The molecule has 0 saturated heterocycles. The van der Waals surface area contributed by atoms with Crippen LogP contribution < -0.4 is 16.5 Å². The molecule has 1 aliphatic rings. The van der Waals surface area contributed by atoms with Crippen molar-refractivity contribution < 1.29 is 9.59 Å². The Bertz CT molecular complexity index is 715. The Kier molecular flexibility index (Phi) is 9.68. The number of rotatable bonds is 12. The third-order valence-electron chi connectivity index (χ3n) is 5.39. The van der Waals surface area contributed by atoms with Gasteiger partial charge in [0.25, 0.3) is 0 Å². The SMILES string of the molecule is CCCCCCCCCCCC(=O)Nc1ccc(C2=NNC(=O)CC2C)cc1N. The number of unbranched alkanes of at least 4 members (excludes halogenated alkanes) is 8. The largest absolute Gasteiger partial charge is 0.397 e. The minimum Gasteiger partial charge on any atom is -0.397 e. The summed E-state index contributed by atoms with van der Waals surface area (Å²) in [5, 5.41) is 7.06. The van der Waals surface area contributed by atoms with Gasteiger partial charge in [0.05, 0.1) is 17.1 Å². The van der Waals surface area contributed by atoms with Gasteiger partial charge in [0.1, 0.15) is 0 Å². The first kappa shape index (κ1) is 22.9. The molecule has 0 radical (unpaired) electrons. The number of amides is 2. The quantitative estimate of drug-likeness (QED) is 0.341. The Labute approximate surface area is 174 Å². The number of nitrogens with two attached hydrogens (primary N) is 1. The first-order valence-corrected chi connectivity index (χ1v) is 11.1. The molecule has 0 aromatic heterocycles. The molecule has 1 aliphatic heterocycles. The smallest absolute Gasteiger partial charge is 0.240 e. The summed E-state index contributed by atoms with van der Waals surface area (Å²) in [5.41, 5.74) is 11.5. The summed E-state index contributed by atoms with van der Waals surface area (Å²) in [6, 6.07) is 5.50. The molecule has 0 bridgehead atoms. The molecule has 1 aromatic carbocycles. The van der Waals surface area contributed by atoms with Gasteiger partial charge in [-0.1, -0.05) is 71.3 Å². The lowest BCUT2D eigenvalue weighted by atomic mass is 9.93. The topological polar surface area (TPSA) is 96.6 Å². The maximum absolute atomic E-state index is 12.2. The fourth-order valence-electron chi connectivity index (χ4n) is 3.65. The summed E-state index contributed by atoms with van der Waals surface area (Å²) >= 11 is 0. The van der Waals surface area contributed by atoms with Crippen LogP contribution in [0.4, 0.5) is 11.4 Å². The van der Waals surface area contributed by atoms with Crippen molar-refractivity contribution in [1.82, 2.24) is 5.43 Å².